The second-order valence-electron chi connectivity index (χ2n) is 6.58. The summed E-state index contributed by atoms with van der Waals surface area (Å²) in [5, 5.41) is 3.80. The average molecular weight is 426 g/mol. The van der Waals surface area contributed by atoms with Crippen LogP contribution in [0.2, 0.25) is 5.02 Å². The summed E-state index contributed by atoms with van der Waals surface area (Å²) >= 11 is 11.4. The number of rotatable bonds is 4. The maximum atomic E-state index is 12.8. The van der Waals surface area contributed by atoms with E-state index in [9.17, 15) is 9.59 Å². The van der Waals surface area contributed by atoms with Gasteiger partial charge in [-0.05, 0) is 67.2 Å². The summed E-state index contributed by atoms with van der Waals surface area (Å²) in [7, 11) is 0. The van der Waals surface area contributed by atoms with E-state index in [1.165, 1.54) is 4.57 Å². The van der Waals surface area contributed by atoms with Crippen molar-refractivity contribution in [2.45, 2.75) is 13.5 Å². The van der Waals surface area contributed by atoms with Gasteiger partial charge in [0.15, 0.2) is 4.77 Å². The number of fused-ring (bicyclic) bond motifs is 1. The molecule has 6 nitrogen and oxygen atoms in total. The van der Waals surface area contributed by atoms with Gasteiger partial charge >= 0.3 is 0 Å². The maximum absolute atomic E-state index is 12.8. The molecule has 8 heteroatoms. The van der Waals surface area contributed by atoms with Crippen molar-refractivity contribution in [2.24, 2.45) is 0 Å². The zero-order chi connectivity index (χ0) is 20.5. The van der Waals surface area contributed by atoms with Crippen molar-refractivity contribution in [3.05, 3.63) is 91.8 Å². The molecule has 2 aromatic carbocycles. The van der Waals surface area contributed by atoms with Crippen LogP contribution in [0.25, 0.3) is 10.9 Å². The lowest BCUT2D eigenvalue weighted by Gasteiger charge is -2.09. The molecule has 146 valence electrons. The molecule has 2 heterocycles. The van der Waals surface area contributed by atoms with Gasteiger partial charge in [-0.3, -0.25) is 14.2 Å². The van der Waals surface area contributed by atoms with Crippen LogP contribution in [-0.4, -0.2) is 15.5 Å². The van der Waals surface area contributed by atoms with Crippen LogP contribution in [0, 0.1) is 11.7 Å². The summed E-state index contributed by atoms with van der Waals surface area (Å²) in [6, 6.07) is 13.6. The average Bonchev–Trinajstić information content (AvgIpc) is 3.21. The zero-order valence-corrected chi connectivity index (χ0v) is 16.9. The topological polar surface area (TPSA) is 80.0 Å². The number of furan rings is 1. The fourth-order valence-corrected chi connectivity index (χ4v) is 3.41. The van der Waals surface area contributed by atoms with Crippen LogP contribution in [0.4, 0.5) is 5.69 Å². The fourth-order valence-electron chi connectivity index (χ4n) is 2.97. The SMILES string of the molecule is Cc1ccc(NC(=O)c2ccc3c(=O)n(Cc4ccco4)c(=S)[nH]c3c2)cc1Cl. The molecular formula is C21H16ClN3O3S. The van der Waals surface area contributed by atoms with Crippen LogP contribution in [-0.2, 0) is 6.54 Å². The predicted octanol–water partition coefficient (Wildman–Crippen LogP) is 4.91. The van der Waals surface area contributed by atoms with Crippen LogP contribution >= 0.6 is 23.8 Å². The van der Waals surface area contributed by atoms with Crippen molar-refractivity contribution >= 4 is 46.3 Å². The molecule has 0 aliphatic rings. The smallest absolute Gasteiger partial charge is 0.262 e. The molecule has 4 aromatic rings. The van der Waals surface area contributed by atoms with Gasteiger partial charge in [-0.1, -0.05) is 17.7 Å². The van der Waals surface area contributed by atoms with Crippen molar-refractivity contribution in [1.29, 1.82) is 0 Å². The highest BCUT2D eigenvalue weighted by Crippen LogP contribution is 2.21. The van der Waals surface area contributed by atoms with E-state index in [-0.39, 0.29) is 22.8 Å². The molecule has 0 atom stereocenters. The first kappa shape index (κ1) is 19.2. The summed E-state index contributed by atoms with van der Waals surface area (Å²) < 4.78 is 6.97. The van der Waals surface area contributed by atoms with Gasteiger partial charge in [-0.25, -0.2) is 0 Å². The number of anilines is 1. The van der Waals surface area contributed by atoms with Gasteiger partial charge in [-0.2, -0.15) is 0 Å². The standard InChI is InChI=1S/C21H16ClN3O3S/c1-12-4-6-14(10-17(12)22)23-19(26)13-5-7-16-18(9-13)24-21(29)25(20(16)27)11-15-3-2-8-28-15/h2-10H,11H2,1H3,(H,23,26)(H,24,29). The van der Waals surface area contributed by atoms with Crippen LogP contribution in [0.5, 0.6) is 0 Å². The van der Waals surface area contributed by atoms with Gasteiger partial charge in [-0.15, -0.1) is 0 Å². The van der Waals surface area contributed by atoms with Gasteiger partial charge < -0.3 is 14.7 Å². The van der Waals surface area contributed by atoms with E-state index in [0.717, 1.165) is 5.56 Å². The number of hydrogen-bond donors (Lipinski definition) is 2. The number of amides is 1. The number of halogens is 1. The lowest BCUT2D eigenvalue weighted by Crippen LogP contribution is -2.23. The summed E-state index contributed by atoms with van der Waals surface area (Å²) in [5.74, 6) is 0.310. The van der Waals surface area contributed by atoms with Gasteiger partial charge in [0.2, 0.25) is 0 Å². The number of aryl methyl sites for hydroxylation is 1. The monoisotopic (exact) mass is 425 g/mol. The van der Waals surface area contributed by atoms with Crippen LogP contribution < -0.4 is 10.9 Å². The van der Waals surface area contributed by atoms with Gasteiger partial charge in [0, 0.05) is 16.3 Å². The van der Waals surface area contributed by atoms with Crippen molar-refractivity contribution < 1.29 is 9.21 Å². The Morgan fingerprint density at radius 1 is 1.24 bits per heavy atom. The molecule has 29 heavy (non-hydrogen) atoms. The molecule has 2 aromatic heterocycles. The van der Waals surface area contributed by atoms with Gasteiger partial charge in [0.05, 0.1) is 23.7 Å². The highest BCUT2D eigenvalue weighted by molar-refractivity contribution is 7.71. The van der Waals surface area contributed by atoms with E-state index in [4.69, 9.17) is 28.2 Å². The Morgan fingerprint density at radius 3 is 2.79 bits per heavy atom. The number of carbonyl (C=O) groups excluding carboxylic acids is 1. The molecule has 0 radical (unpaired) electrons. The second-order valence-corrected chi connectivity index (χ2v) is 7.37. The number of nitrogens with zero attached hydrogens (tertiary/aromatic N) is 1. The van der Waals surface area contributed by atoms with Crippen molar-refractivity contribution in [1.82, 2.24) is 9.55 Å². The Morgan fingerprint density at radius 2 is 2.07 bits per heavy atom. The minimum absolute atomic E-state index is 0.230. The van der Waals surface area contributed by atoms with Gasteiger partial charge in [0.1, 0.15) is 5.76 Å². The summed E-state index contributed by atoms with van der Waals surface area (Å²) in [5.41, 5.74) is 2.15. The third-order valence-corrected chi connectivity index (χ3v) is 5.30. The Balaban J connectivity index is 1.67. The number of benzene rings is 2. The molecule has 0 aliphatic carbocycles. The minimum Gasteiger partial charge on any atom is -0.467 e. The van der Waals surface area contributed by atoms with Crippen molar-refractivity contribution in [2.75, 3.05) is 5.32 Å². The van der Waals surface area contributed by atoms with E-state index in [1.807, 2.05) is 13.0 Å². The summed E-state index contributed by atoms with van der Waals surface area (Å²) in [6.45, 7) is 2.12. The van der Waals surface area contributed by atoms with E-state index in [0.29, 0.717) is 32.9 Å². The molecule has 0 saturated heterocycles. The molecule has 0 saturated carbocycles. The first-order valence-corrected chi connectivity index (χ1v) is 9.58. The number of hydrogen-bond acceptors (Lipinski definition) is 4. The molecule has 0 unspecified atom stereocenters. The molecule has 1 amide bonds. The van der Waals surface area contributed by atoms with Crippen molar-refractivity contribution in [3.8, 4) is 0 Å². The molecule has 0 aliphatic heterocycles. The van der Waals surface area contributed by atoms with Crippen LogP contribution in [0.3, 0.4) is 0 Å². The lowest BCUT2D eigenvalue weighted by molar-refractivity contribution is 0.102. The van der Waals surface area contributed by atoms with Crippen molar-refractivity contribution in [3.63, 3.8) is 0 Å². The summed E-state index contributed by atoms with van der Waals surface area (Å²) in [4.78, 5) is 28.5. The van der Waals surface area contributed by atoms with Crippen LogP contribution in [0.15, 0.2) is 64.0 Å². The summed E-state index contributed by atoms with van der Waals surface area (Å²) in [6.07, 6.45) is 1.54. The first-order chi connectivity index (χ1) is 13.9. The normalized spacial score (nSPS) is 11.0. The van der Waals surface area contributed by atoms with E-state index in [1.54, 1.807) is 48.7 Å². The van der Waals surface area contributed by atoms with Gasteiger partial charge in [0.25, 0.3) is 11.5 Å². The quantitative estimate of drug-likeness (QED) is 0.455. The second kappa shape index (κ2) is 7.69. The predicted molar refractivity (Wildman–Crippen MR) is 115 cm³/mol. The number of aromatic nitrogens is 2. The third kappa shape index (κ3) is 3.87. The first-order valence-electron chi connectivity index (χ1n) is 8.79. The third-order valence-electron chi connectivity index (χ3n) is 4.57. The van der Waals surface area contributed by atoms with E-state index < -0.39 is 0 Å². The molecule has 2 N–H and O–H groups in total. The van der Waals surface area contributed by atoms with Crippen LogP contribution in [0.1, 0.15) is 21.7 Å². The highest BCUT2D eigenvalue weighted by Gasteiger charge is 2.12. The Kier molecular flexibility index (Phi) is 5.08. The molecule has 0 spiro atoms. The largest absolute Gasteiger partial charge is 0.467 e. The minimum atomic E-state index is -0.314. The molecular weight excluding hydrogens is 410 g/mol. The number of nitrogens with one attached hydrogen (secondary N) is 2. The van der Waals surface area contributed by atoms with E-state index >= 15 is 0 Å². The number of carbonyl (C=O) groups is 1. The molecule has 0 bridgehead atoms. The highest BCUT2D eigenvalue weighted by atomic mass is 35.5. The Hall–Kier alpha value is -3.16. The fraction of sp³-hybridized carbons (Fsp3) is 0.0952. The maximum Gasteiger partial charge on any atom is 0.262 e. The van der Waals surface area contributed by atoms with E-state index in [2.05, 4.69) is 10.3 Å². The zero-order valence-electron chi connectivity index (χ0n) is 15.4. The lowest BCUT2D eigenvalue weighted by atomic mass is 10.1. The Labute approximate surface area is 175 Å². The molecule has 0 fully saturated rings. The number of H-pyrrole nitrogens is 1. The molecule has 4 rings (SSSR count). The number of aromatic amines is 1. The Bertz CT molecular complexity index is 1340.